The lowest BCUT2D eigenvalue weighted by Gasteiger charge is -2.22. The third-order valence-corrected chi connectivity index (χ3v) is 5.06. The van der Waals surface area contributed by atoms with Gasteiger partial charge in [0.25, 0.3) is 0 Å². The van der Waals surface area contributed by atoms with Crippen LogP contribution in [0.15, 0.2) is 18.2 Å². The zero-order valence-corrected chi connectivity index (χ0v) is 14.2. The number of anilines is 1. The average molecular weight is 346 g/mol. The van der Waals surface area contributed by atoms with Gasteiger partial charge in [-0.05, 0) is 31.9 Å². The van der Waals surface area contributed by atoms with Gasteiger partial charge in [-0.2, -0.15) is 0 Å². The predicted octanol–water partition coefficient (Wildman–Crippen LogP) is 1.45. The molecule has 7 heteroatoms. The topological polar surface area (TPSA) is 77.1 Å². The molecule has 0 bridgehead atoms. The van der Waals surface area contributed by atoms with Crippen molar-refractivity contribution in [3.8, 4) is 11.5 Å². The fourth-order valence-corrected chi connectivity index (χ4v) is 3.62. The second-order valence-corrected chi connectivity index (χ2v) is 6.79. The molecule has 0 spiro atoms. The summed E-state index contributed by atoms with van der Waals surface area (Å²) in [4.78, 5) is 26.6. The Kier molecular flexibility index (Phi) is 4.25. The number of ether oxygens (including phenoxy) is 3. The Bertz CT molecular complexity index is 686. The van der Waals surface area contributed by atoms with Crippen LogP contribution in [0, 0.1) is 5.92 Å². The van der Waals surface area contributed by atoms with Gasteiger partial charge in [0.1, 0.15) is 0 Å². The van der Waals surface area contributed by atoms with Gasteiger partial charge in [-0.1, -0.05) is 0 Å². The first kappa shape index (κ1) is 16.2. The van der Waals surface area contributed by atoms with E-state index in [9.17, 15) is 9.59 Å². The quantitative estimate of drug-likeness (QED) is 0.893. The number of fused-ring (bicyclic) bond motifs is 1. The van der Waals surface area contributed by atoms with Crippen LogP contribution in [0.5, 0.6) is 11.5 Å². The molecule has 3 aliphatic heterocycles. The Morgan fingerprint density at radius 3 is 2.96 bits per heavy atom. The Hall–Kier alpha value is -2.28. The molecular weight excluding hydrogens is 324 g/mol. The molecule has 2 fully saturated rings. The molecule has 4 rings (SSSR count). The normalized spacial score (nSPS) is 26.1. The van der Waals surface area contributed by atoms with Crippen LogP contribution in [0.4, 0.5) is 5.69 Å². The molecular formula is C18H22N2O5. The summed E-state index contributed by atoms with van der Waals surface area (Å²) >= 11 is 0. The van der Waals surface area contributed by atoms with Crippen molar-refractivity contribution in [2.75, 3.05) is 24.8 Å². The number of nitrogens with one attached hydrogen (secondary N) is 1. The standard InChI is InChI=1S/C18H22N2O5/c1-11(14-3-2-6-23-14)19-18(22)12-7-17(21)20(9-12)13-4-5-15-16(8-13)25-10-24-15/h4-5,8,11-12,14H,2-3,6-7,9-10H2,1H3,(H,19,22)/t11-,12-,14-/m0/s1. The first-order chi connectivity index (χ1) is 12.1. The predicted molar refractivity (Wildman–Crippen MR) is 89.6 cm³/mol. The summed E-state index contributed by atoms with van der Waals surface area (Å²) in [5.41, 5.74) is 0.733. The molecule has 0 unspecified atom stereocenters. The van der Waals surface area contributed by atoms with Crippen LogP contribution < -0.4 is 19.7 Å². The minimum absolute atomic E-state index is 0.0373. The van der Waals surface area contributed by atoms with E-state index >= 15 is 0 Å². The second-order valence-electron chi connectivity index (χ2n) is 6.79. The third-order valence-electron chi connectivity index (χ3n) is 5.06. The van der Waals surface area contributed by atoms with Crippen molar-refractivity contribution in [2.24, 2.45) is 5.92 Å². The van der Waals surface area contributed by atoms with Crippen molar-refractivity contribution < 1.29 is 23.8 Å². The molecule has 25 heavy (non-hydrogen) atoms. The van der Waals surface area contributed by atoms with E-state index in [0.717, 1.165) is 25.1 Å². The number of rotatable bonds is 4. The van der Waals surface area contributed by atoms with Crippen molar-refractivity contribution >= 4 is 17.5 Å². The van der Waals surface area contributed by atoms with Gasteiger partial charge < -0.3 is 24.4 Å². The molecule has 3 heterocycles. The van der Waals surface area contributed by atoms with Crippen LogP contribution in [0.1, 0.15) is 26.2 Å². The Balaban J connectivity index is 1.40. The van der Waals surface area contributed by atoms with E-state index in [1.165, 1.54) is 0 Å². The van der Waals surface area contributed by atoms with Gasteiger partial charge in [0.05, 0.1) is 18.1 Å². The third kappa shape index (κ3) is 3.16. The SMILES string of the molecule is C[C@H](NC(=O)[C@H]1CC(=O)N(c2ccc3c(c2)OCO3)C1)[C@@H]1CCCO1. The lowest BCUT2D eigenvalue weighted by atomic mass is 10.1. The zero-order chi connectivity index (χ0) is 17.4. The van der Waals surface area contributed by atoms with E-state index in [-0.39, 0.29) is 43.1 Å². The number of amides is 2. The number of carbonyl (C=O) groups is 2. The van der Waals surface area contributed by atoms with Crippen LogP contribution in [0.3, 0.4) is 0 Å². The molecule has 134 valence electrons. The summed E-state index contributed by atoms with van der Waals surface area (Å²) < 4.78 is 16.3. The first-order valence-corrected chi connectivity index (χ1v) is 8.74. The maximum absolute atomic E-state index is 12.5. The molecule has 7 nitrogen and oxygen atoms in total. The lowest BCUT2D eigenvalue weighted by Crippen LogP contribution is -2.44. The fourth-order valence-electron chi connectivity index (χ4n) is 3.62. The van der Waals surface area contributed by atoms with Crippen molar-refractivity contribution in [3.05, 3.63) is 18.2 Å². The van der Waals surface area contributed by atoms with Crippen LogP contribution in [0.25, 0.3) is 0 Å². The zero-order valence-electron chi connectivity index (χ0n) is 14.2. The van der Waals surface area contributed by atoms with Crippen LogP contribution in [-0.2, 0) is 14.3 Å². The fraction of sp³-hybridized carbons (Fsp3) is 0.556. The number of nitrogens with zero attached hydrogens (tertiary/aromatic N) is 1. The van der Waals surface area contributed by atoms with Crippen molar-refractivity contribution in [1.82, 2.24) is 5.32 Å². The highest BCUT2D eigenvalue weighted by Crippen LogP contribution is 2.37. The molecule has 0 saturated carbocycles. The van der Waals surface area contributed by atoms with E-state index in [1.807, 2.05) is 13.0 Å². The van der Waals surface area contributed by atoms with Crippen LogP contribution >= 0.6 is 0 Å². The summed E-state index contributed by atoms with van der Waals surface area (Å²) in [5, 5.41) is 3.01. The van der Waals surface area contributed by atoms with Gasteiger partial charge >= 0.3 is 0 Å². The molecule has 2 saturated heterocycles. The molecule has 1 aromatic carbocycles. The molecule has 3 aliphatic rings. The molecule has 0 aliphatic carbocycles. The van der Waals surface area contributed by atoms with Gasteiger partial charge in [-0.15, -0.1) is 0 Å². The highest BCUT2D eigenvalue weighted by atomic mass is 16.7. The highest BCUT2D eigenvalue weighted by Gasteiger charge is 2.37. The van der Waals surface area contributed by atoms with E-state index in [1.54, 1.807) is 17.0 Å². The van der Waals surface area contributed by atoms with E-state index in [0.29, 0.717) is 18.0 Å². The minimum atomic E-state index is -0.346. The van der Waals surface area contributed by atoms with Gasteiger partial charge in [0, 0.05) is 31.3 Å². The Labute approximate surface area is 146 Å². The summed E-state index contributed by atoms with van der Waals surface area (Å²) in [7, 11) is 0. The molecule has 0 radical (unpaired) electrons. The van der Waals surface area contributed by atoms with Gasteiger partial charge in [-0.3, -0.25) is 9.59 Å². The molecule has 0 aromatic heterocycles. The van der Waals surface area contributed by atoms with Gasteiger partial charge in [0.2, 0.25) is 18.6 Å². The molecule has 1 N–H and O–H groups in total. The molecule has 3 atom stereocenters. The van der Waals surface area contributed by atoms with E-state index < -0.39 is 0 Å². The average Bonchev–Trinajstić information content (AvgIpc) is 3.34. The number of benzene rings is 1. The number of hydrogen-bond donors (Lipinski definition) is 1. The largest absolute Gasteiger partial charge is 0.454 e. The Morgan fingerprint density at radius 1 is 1.32 bits per heavy atom. The second kappa shape index (κ2) is 6.55. The van der Waals surface area contributed by atoms with Crippen molar-refractivity contribution in [1.29, 1.82) is 0 Å². The maximum atomic E-state index is 12.5. The van der Waals surface area contributed by atoms with Gasteiger partial charge in [0.15, 0.2) is 11.5 Å². The minimum Gasteiger partial charge on any atom is -0.454 e. The first-order valence-electron chi connectivity index (χ1n) is 8.74. The van der Waals surface area contributed by atoms with E-state index in [2.05, 4.69) is 5.32 Å². The Morgan fingerprint density at radius 2 is 2.16 bits per heavy atom. The summed E-state index contributed by atoms with van der Waals surface area (Å²) in [5.74, 6) is 0.824. The summed E-state index contributed by atoms with van der Waals surface area (Å²) in [6.45, 7) is 3.28. The van der Waals surface area contributed by atoms with E-state index in [4.69, 9.17) is 14.2 Å². The van der Waals surface area contributed by atoms with Crippen LogP contribution in [-0.4, -0.2) is 43.9 Å². The van der Waals surface area contributed by atoms with Gasteiger partial charge in [-0.25, -0.2) is 0 Å². The summed E-state index contributed by atoms with van der Waals surface area (Å²) in [6, 6.07) is 5.36. The number of carbonyl (C=O) groups excluding carboxylic acids is 2. The maximum Gasteiger partial charge on any atom is 0.231 e. The smallest absolute Gasteiger partial charge is 0.231 e. The monoisotopic (exact) mass is 346 g/mol. The molecule has 1 aromatic rings. The van der Waals surface area contributed by atoms with Crippen LogP contribution in [0.2, 0.25) is 0 Å². The molecule has 2 amide bonds. The lowest BCUT2D eigenvalue weighted by molar-refractivity contribution is -0.127. The number of hydrogen-bond acceptors (Lipinski definition) is 5. The summed E-state index contributed by atoms with van der Waals surface area (Å²) in [6.07, 6.45) is 2.29. The van der Waals surface area contributed by atoms with Crippen molar-refractivity contribution in [2.45, 2.75) is 38.3 Å². The highest BCUT2D eigenvalue weighted by molar-refractivity contribution is 6.00. The van der Waals surface area contributed by atoms with Crippen molar-refractivity contribution in [3.63, 3.8) is 0 Å².